The van der Waals surface area contributed by atoms with Crippen LogP contribution in [0, 0.1) is 18.6 Å². The Balaban J connectivity index is 2.78. The molecule has 1 unspecified atom stereocenters. The molecule has 0 amide bonds. The molecule has 0 bridgehead atoms. The number of benzene rings is 1. The van der Waals surface area contributed by atoms with Crippen molar-refractivity contribution in [3.8, 4) is 0 Å². The van der Waals surface area contributed by atoms with Crippen LogP contribution >= 0.6 is 0 Å². The molecule has 3 heteroatoms. The lowest BCUT2D eigenvalue weighted by molar-refractivity contribution is 0.461. The van der Waals surface area contributed by atoms with E-state index in [-0.39, 0.29) is 23.1 Å². The van der Waals surface area contributed by atoms with E-state index in [9.17, 15) is 8.78 Å². The van der Waals surface area contributed by atoms with Crippen molar-refractivity contribution in [1.82, 2.24) is 0 Å². The number of hydrogen-bond donors (Lipinski definition) is 1. The van der Waals surface area contributed by atoms with Crippen LogP contribution in [0.1, 0.15) is 43.0 Å². The molecule has 2 rings (SSSR count). The van der Waals surface area contributed by atoms with E-state index in [1.807, 2.05) is 13.8 Å². The number of hydrogen-bond acceptors (Lipinski definition) is 1. The molecule has 0 saturated carbocycles. The first-order chi connectivity index (χ1) is 6.84. The molecule has 0 aromatic heterocycles. The summed E-state index contributed by atoms with van der Waals surface area (Å²) in [5.74, 6) is -0.675. The standard InChI is InChI=1S/C12H15F2N/c1-6-4-7(13)10-9(11(6)14)8(15)5-12(10,2)3/h4,8H,5,15H2,1-3H3. The van der Waals surface area contributed by atoms with Crippen molar-refractivity contribution in [2.24, 2.45) is 5.73 Å². The Morgan fingerprint density at radius 3 is 2.60 bits per heavy atom. The lowest BCUT2D eigenvalue weighted by atomic mass is 9.85. The fourth-order valence-corrected chi connectivity index (χ4v) is 2.57. The van der Waals surface area contributed by atoms with Crippen molar-refractivity contribution in [2.75, 3.05) is 0 Å². The van der Waals surface area contributed by atoms with Gasteiger partial charge in [0.2, 0.25) is 0 Å². The van der Waals surface area contributed by atoms with Gasteiger partial charge in [-0.1, -0.05) is 13.8 Å². The highest BCUT2D eigenvalue weighted by molar-refractivity contribution is 5.45. The largest absolute Gasteiger partial charge is 0.324 e. The molecule has 0 radical (unpaired) electrons. The summed E-state index contributed by atoms with van der Waals surface area (Å²) < 4.78 is 27.6. The van der Waals surface area contributed by atoms with Crippen LogP contribution in [0.3, 0.4) is 0 Å². The van der Waals surface area contributed by atoms with Crippen LogP contribution < -0.4 is 5.73 Å². The monoisotopic (exact) mass is 211 g/mol. The zero-order valence-corrected chi connectivity index (χ0v) is 9.20. The average Bonchev–Trinajstić information content (AvgIpc) is 2.32. The molecule has 2 N–H and O–H groups in total. The summed E-state index contributed by atoms with van der Waals surface area (Å²) in [7, 11) is 0. The quantitative estimate of drug-likeness (QED) is 0.701. The third-order valence-electron chi connectivity index (χ3n) is 3.21. The predicted molar refractivity (Wildman–Crippen MR) is 55.7 cm³/mol. The van der Waals surface area contributed by atoms with Crippen LogP contribution in [0.4, 0.5) is 8.78 Å². The summed E-state index contributed by atoms with van der Waals surface area (Å²) in [6, 6.07) is 0.873. The van der Waals surface area contributed by atoms with E-state index in [0.29, 0.717) is 23.1 Å². The molecule has 15 heavy (non-hydrogen) atoms. The first kappa shape index (κ1) is 10.6. The van der Waals surface area contributed by atoms with E-state index in [1.165, 1.54) is 6.07 Å². The number of nitrogens with two attached hydrogens (primary N) is 1. The molecule has 0 aliphatic heterocycles. The van der Waals surface area contributed by atoms with Crippen LogP contribution in [0.25, 0.3) is 0 Å². The molecule has 0 heterocycles. The molecule has 0 spiro atoms. The average molecular weight is 211 g/mol. The number of fused-ring (bicyclic) bond motifs is 1. The summed E-state index contributed by atoms with van der Waals surface area (Å²) in [6.07, 6.45) is 0.597. The summed E-state index contributed by atoms with van der Waals surface area (Å²) >= 11 is 0. The maximum absolute atomic E-state index is 13.8. The van der Waals surface area contributed by atoms with Gasteiger partial charge in [-0.3, -0.25) is 0 Å². The molecule has 82 valence electrons. The number of halogens is 2. The van der Waals surface area contributed by atoms with Gasteiger partial charge in [-0.15, -0.1) is 0 Å². The highest BCUT2D eigenvalue weighted by Gasteiger charge is 2.40. The number of aryl methyl sites for hydroxylation is 1. The highest BCUT2D eigenvalue weighted by Crippen LogP contribution is 2.46. The van der Waals surface area contributed by atoms with Crippen LogP contribution in [0.15, 0.2) is 6.07 Å². The van der Waals surface area contributed by atoms with Gasteiger partial charge in [-0.05, 0) is 30.4 Å². The Kier molecular flexibility index (Phi) is 2.12. The van der Waals surface area contributed by atoms with E-state index in [1.54, 1.807) is 6.92 Å². The topological polar surface area (TPSA) is 26.0 Å². The first-order valence-electron chi connectivity index (χ1n) is 5.09. The van der Waals surface area contributed by atoms with Crippen LogP contribution in [-0.4, -0.2) is 0 Å². The molecule has 1 aliphatic carbocycles. The molecule has 1 aromatic carbocycles. The van der Waals surface area contributed by atoms with Crippen LogP contribution in [-0.2, 0) is 5.41 Å². The van der Waals surface area contributed by atoms with Crippen molar-refractivity contribution >= 4 is 0 Å². The molecule has 0 saturated heterocycles. The Morgan fingerprint density at radius 2 is 2.00 bits per heavy atom. The lowest BCUT2D eigenvalue weighted by Gasteiger charge is -2.19. The van der Waals surface area contributed by atoms with Gasteiger partial charge in [0.1, 0.15) is 11.6 Å². The summed E-state index contributed by atoms with van der Waals surface area (Å²) in [5, 5.41) is 0. The Bertz CT molecular complexity index is 424. The highest BCUT2D eigenvalue weighted by atomic mass is 19.1. The molecule has 1 nitrogen and oxygen atoms in total. The van der Waals surface area contributed by atoms with Crippen molar-refractivity contribution < 1.29 is 8.78 Å². The van der Waals surface area contributed by atoms with Gasteiger partial charge in [0.25, 0.3) is 0 Å². The van der Waals surface area contributed by atoms with Crippen LogP contribution in [0.5, 0.6) is 0 Å². The maximum atomic E-state index is 13.8. The van der Waals surface area contributed by atoms with E-state index in [2.05, 4.69) is 0 Å². The predicted octanol–water partition coefficient (Wildman–Crippen LogP) is 2.95. The Hall–Kier alpha value is -0.960. The van der Waals surface area contributed by atoms with Gasteiger partial charge in [-0.25, -0.2) is 8.78 Å². The molecular weight excluding hydrogens is 196 g/mol. The minimum absolute atomic E-state index is 0.332. The van der Waals surface area contributed by atoms with Gasteiger partial charge in [0.05, 0.1) is 0 Å². The van der Waals surface area contributed by atoms with E-state index < -0.39 is 0 Å². The minimum Gasteiger partial charge on any atom is -0.324 e. The lowest BCUT2D eigenvalue weighted by Crippen LogP contribution is -2.15. The third kappa shape index (κ3) is 1.37. The zero-order valence-electron chi connectivity index (χ0n) is 9.20. The first-order valence-corrected chi connectivity index (χ1v) is 5.09. The molecular formula is C12H15F2N. The fraction of sp³-hybridized carbons (Fsp3) is 0.500. The molecule has 0 fully saturated rings. The van der Waals surface area contributed by atoms with Crippen molar-refractivity contribution in [3.05, 3.63) is 34.4 Å². The van der Waals surface area contributed by atoms with E-state index in [4.69, 9.17) is 5.73 Å². The van der Waals surface area contributed by atoms with Crippen molar-refractivity contribution in [1.29, 1.82) is 0 Å². The molecule has 1 aliphatic rings. The SMILES string of the molecule is Cc1cc(F)c2c(c1F)C(N)CC2(C)C. The fourth-order valence-electron chi connectivity index (χ4n) is 2.57. The zero-order chi connectivity index (χ0) is 11.4. The number of rotatable bonds is 0. The van der Waals surface area contributed by atoms with E-state index >= 15 is 0 Å². The smallest absolute Gasteiger partial charge is 0.131 e. The molecule has 1 atom stereocenters. The summed E-state index contributed by atoms with van der Waals surface area (Å²) in [4.78, 5) is 0. The van der Waals surface area contributed by atoms with Gasteiger partial charge < -0.3 is 5.73 Å². The van der Waals surface area contributed by atoms with E-state index in [0.717, 1.165) is 0 Å². The van der Waals surface area contributed by atoms with Crippen molar-refractivity contribution in [3.63, 3.8) is 0 Å². The second-order valence-corrected chi connectivity index (χ2v) is 4.97. The third-order valence-corrected chi connectivity index (χ3v) is 3.21. The van der Waals surface area contributed by atoms with Gasteiger partial charge >= 0.3 is 0 Å². The Morgan fingerprint density at radius 1 is 1.40 bits per heavy atom. The van der Waals surface area contributed by atoms with Gasteiger partial charge in [-0.2, -0.15) is 0 Å². The normalized spacial score (nSPS) is 22.9. The van der Waals surface area contributed by atoms with Gasteiger partial charge in [0, 0.05) is 17.2 Å². The van der Waals surface area contributed by atoms with Crippen LogP contribution in [0.2, 0.25) is 0 Å². The summed E-state index contributed by atoms with van der Waals surface area (Å²) in [5.41, 5.74) is 6.65. The van der Waals surface area contributed by atoms with Crippen molar-refractivity contribution in [2.45, 2.75) is 38.6 Å². The second-order valence-electron chi connectivity index (χ2n) is 4.97. The summed E-state index contributed by atoms with van der Waals surface area (Å²) in [6.45, 7) is 5.36. The Labute approximate surface area is 88.3 Å². The maximum Gasteiger partial charge on any atom is 0.131 e. The second kappa shape index (κ2) is 3.01. The molecule has 1 aromatic rings. The van der Waals surface area contributed by atoms with Gasteiger partial charge in [0.15, 0.2) is 0 Å². The minimum atomic E-state index is -0.385.